The highest BCUT2D eigenvalue weighted by Crippen LogP contribution is 2.13. The van der Waals surface area contributed by atoms with E-state index >= 15 is 0 Å². The zero-order chi connectivity index (χ0) is 13.0. The Balaban J connectivity index is 2.34. The lowest BCUT2D eigenvalue weighted by Gasteiger charge is -2.05. The van der Waals surface area contributed by atoms with Crippen molar-refractivity contribution in [1.29, 1.82) is 0 Å². The number of hydrogen-bond acceptors (Lipinski definition) is 2. The van der Waals surface area contributed by atoms with E-state index in [1.807, 2.05) is 18.2 Å². The smallest absolute Gasteiger partial charge is 0.296 e. The second kappa shape index (κ2) is 5.19. The van der Waals surface area contributed by atoms with E-state index in [0.717, 1.165) is 10.9 Å². The summed E-state index contributed by atoms with van der Waals surface area (Å²) in [5, 5.41) is 4.13. The highest BCUT2D eigenvalue weighted by molar-refractivity contribution is 5.93. The Labute approximate surface area is 104 Å². The molecule has 0 aliphatic heterocycles. The van der Waals surface area contributed by atoms with Crippen LogP contribution in [-0.2, 0) is 11.3 Å². The minimum Gasteiger partial charge on any atom is -0.341 e. The molecule has 18 heavy (non-hydrogen) atoms. The topological polar surface area (TPSA) is 62.0 Å². The Morgan fingerprint density at radius 2 is 2.06 bits per heavy atom. The molecule has 0 unspecified atom stereocenters. The van der Waals surface area contributed by atoms with Crippen LogP contribution in [0.2, 0.25) is 0 Å². The molecule has 1 heterocycles. The number of H-pyrrole nitrogens is 1. The van der Waals surface area contributed by atoms with Gasteiger partial charge >= 0.3 is 0 Å². The van der Waals surface area contributed by atoms with E-state index in [4.69, 9.17) is 0 Å². The standard InChI is InChI=1S/C14H12N2O2/c1-2-5-13(17)15-8-10-9-16-14(18)12-7-4-3-6-11(10)12/h3-4,6-7,9H,8H2,1H3,(H,15,17)(H,16,18). The van der Waals surface area contributed by atoms with Crippen LogP contribution in [0.25, 0.3) is 10.8 Å². The third-order valence-electron chi connectivity index (χ3n) is 2.57. The van der Waals surface area contributed by atoms with Gasteiger partial charge in [-0.25, -0.2) is 0 Å². The van der Waals surface area contributed by atoms with Crippen LogP contribution in [0.4, 0.5) is 0 Å². The Kier molecular flexibility index (Phi) is 3.44. The average Bonchev–Trinajstić information content (AvgIpc) is 2.39. The van der Waals surface area contributed by atoms with Crippen molar-refractivity contribution in [3.05, 3.63) is 46.4 Å². The number of pyridine rings is 1. The molecule has 0 fully saturated rings. The average molecular weight is 240 g/mol. The van der Waals surface area contributed by atoms with Crippen LogP contribution in [0.3, 0.4) is 0 Å². The predicted octanol–water partition coefficient (Wildman–Crippen LogP) is 1.17. The number of amides is 1. The Bertz CT molecular complexity index is 705. The fourth-order valence-electron chi connectivity index (χ4n) is 1.75. The van der Waals surface area contributed by atoms with Gasteiger partial charge in [0.1, 0.15) is 0 Å². The fourth-order valence-corrected chi connectivity index (χ4v) is 1.75. The van der Waals surface area contributed by atoms with Crippen LogP contribution in [0.1, 0.15) is 12.5 Å². The largest absolute Gasteiger partial charge is 0.341 e. The van der Waals surface area contributed by atoms with Crippen LogP contribution in [-0.4, -0.2) is 10.9 Å². The van der Waals surface area contributed by atoms with Crippen molar-refractivity contribution in [2.45, 2.75) is 13.5 Å². The molecule has 1 aromatic heterocycles. The molecule has 2 rings (SSSR count). The molecule has 2 N–H and O–H groups in total. The molecule has 2 aromatic rings. The molecule has 0 atom stereocenters. The van der Waals surface area contributed by atoms with Gasteiger partial charge in [-0.05, 0) is 29.9 Å². The lowest BCUT2D eigenvalue weighted by molar-refractivity contribution is -0.115. The Morgan fingerprint density at radius 1 is 1.33 bits per heavy atom. The van der Waals surface area contributed by atoms with Gasteiger partial charge in [0.15, 0.2) is 0 Å². The molecule has 90 valence electrons. The van der Waals surface area contributed by atoms with Gasteiger partial charge in [-0.15, -0.1) is 0 Å². The van der Waals surface area contributed by atoms with Crippen molar-refractivity contribution < 1.29 is 4.79 Å². The number of fused-ring (bicyclic) bond motifs is 1. The first kappa shape index (κ1) is 11.9. The molecule has 0 radical (unpaired) electrons. The van der Waals surface area contributed by atoms with Gasteiger partial charge in [-0.3, -0.25) is 9.59 Å². The molecular formula is C14H12N2O2. The molecule has 1 aromatic carbocycles. The maximum atomic E-state index is 11.6. The molecule has 0 spiro atoms. The first-order valence-electron chi connectivity index (χ1n) is 5.52. The van der Waals surface area contributed by atoms with Crippen LogP contribution < -0.4 is 10.9 Å². The zero-order valence-corrected chi connectivity index (χ0v) is 9.91. The van der Waals surface area contributed by atoms with Gasteiger partial charge in [0.25, 0.3) is 11.5 Å². The van der Waals surface area contributed by atoms with Crippen LogP contribution in [0.15, 0.2) is 35.3 Å². The Hall–Kier alpha value is -2.54. The van der Waals surface area contributed by atoms with Crippen LogP contribution >= 0.6 is 0 Å². The fraction of sp³-hybridized carbons (Fsp3) is 0.143. The first-order valence-corrected chi connectivity index (χ1v) is 5.52. The second-order valence-corrected chi connectivity index (χ2v) is 3.75. The Morgan fingerprint density at radius 3 is 2.78 bits per heavy atom. The number of benzene rings is 1. The first-order chi connectivity index (χ1) is 8.72. The second-order valence-electron chi connectivity index (χ2n) is 3.75. The molecule has 0 aliphatic rings. The van der Waals surface area contributed by atoms with Crippen molar-refractivity contribution in [2.75, 3.05) is 0 Å². The number of carbonyl (C=O) groups is 1. The molecule has 0 saturated carbocycles. The van der Waals surface area contributed by atoms with Gasteiger partial charge in [0, 0.05) is 18.1 Å². The molecule has 4 heteroatoms. The SMILES string of the molecule is CC#CC(=O)NCc1c[nH]c(=O)c2ccccc12. The van der Waals surface area contributed by atoms with Gasteiger partial charge in [0.05, 0.1) is 0 Å². The van der Waals surface area contributed by atoms with Crippen molar-refractivity contribution in [1.82, 2.24) is 10.3 Å². The van der Waals surface area contributed by atoms with E-state index in [1.165, 1.54) is 0 Å². The van der Waals surface area contributed by atoms with E-state index in [2.05, 4.69) is 22.1 Å². The summed E-state index contributed by atoms with van der Waals surface area (Å²) < 4.78 is 0. The van der Waals surface area contributed by atoms with E-state index < -0.39 is 0 Å². The number of nitrogens with one attached hydrogen (secondary N) is 2. The summed E-state index contributed by atoms with van der Waals surface area (Å²) in [4.78, 5) is 25.5. The van der Waals surface area contributed by atoms with Gasteiger partial charge in [-0.1, -0.05) is 24.1 Å². The highest BCUT2D eigenvalue weighted by atomic mass is 16.1. The highest BCUT2D eigenvalue weighted by Gasteiger charge is 2.04. The maximum Gasteiger partial charge on any atom is 0.296 e. The molecule has 0 saturated heterocycles. The minimum atomic E-state index is -0.326. The summed E-state index contributed by atoms with van der Waals surface area (Å²) in [5.41, 5.74) is 0.727. The van der Waals surface area contributed by atoms with Crippen molar-refractivity contribution in [3.8, 4) is 11.8 Å². The van der Waals surface area contributed by atoms with Crippen molar-refractivity contribution >= 4 is 16.7 Å². The van der Waals surface area contributed by atoms with E-state index in [-0.39, 0.29) is 11.5 Å². The minimum absolute atomic E-state index is 0.131. The maximum absolute atomic E-state index is 11.6. The van der Waals surface area contributed by atoms with Gasteiger partial charge in [0.2, 0.25) is 0 Å². The number of aromatic amines is 1. The van der Waals surface area contributed by atoms with E-state index in [9.17, 15) is 9.59 Å². The monoisotopic (exact) mass is 240 g/mol. The molecule has 1 amide bonds. The summed E-state index contributed by atoms with van der Waals surface area (Å²) in [7, 11) is 0. The van der Waals surface area contributed by atoms with Gasteiger partial charge in [-0.2, -0.15) is 0 Å². The summed E-state index contributed by atoms with van der Waals surface area (Å²) in [6.45, 7) is 1.94. The molecule has 0 aliphatic carbocycles. The van der Waals surface area contributed by atoms with Crippen LogP contribution in [0.5, 0.6) is 0 Å². The van der Waals surface area contributed by atoms with Crippen LogP contribution in [0, 0.1) is 11.8 Å². The predicted molar refractivity (Wildman–Crippen MR) is 69.9 cm³/mol. The zero-order valence-electron chi connectivity index (χ0n) is 9.91. The third kappa shape index (κ3) is 2.41. The van der Waals surface area contributed by atoms with E-state index in [1.54, 1.807) is 19.2 Å². The number of carbonyl (C=O) groups excluding carboxylic acids is 1. The summed E-state index contributed by atoms with van der Waals surface area (Å²) in [5.74, 6) is 4.61. The van der Waals surface area contributed by atoms with E-state index in [0.29, 0.717) is 11.9 Å². The molecule has 0 bridgehead atoms. The summed E-state index contributed by atoms with van der Waals surface area (Å²) in [6, 6.07) is 7.28. The lowest BCUT2D eigenvalue weighted by Crippen LogP contribution is -2.21. The van der Waals surface area contributed by atoms with Gasteiger partial charge < -0.3 is 10.3 Å². The molecule has 4 nitrogen and oxygen atoms in total. The summed E-state index contributed by atoms with van der Waals surface area (Å²) in [6.07, 6.45) is 1.62. The quantitative estimate of drug-likeness (QED) is 0.774. The number of aromatic nitrogens is 1. The lowest BCUT2D eigenvalue weighted by atomic mass is 10.1. The normalized spacial score (nSPS) is 9.61. The van der Waals surface area contributed by atoms with Crippen molar-refractivity contribution in [3.63, 3.8) is 0 Å². The summed E-state index contributed by atoms with van der Waals surface area (Å²) >= 11 is 0. The molecular weight excluding hydrogens is 228 g/mol. The number of hydrogen-bond donors (Lipinski definition) is 2. The van der Waals surface area contributed by atoms with Crippen molar-refractivity contribution in [2.24, 2.45) is 0 Å². The number of rotatable bonds is 2. The third-order valence-corrected chi connectivity index (χ3v) is 2.57.